The monoisotopic (exact) mass is 181 g/mol. The Bertz CT molecular complexity index is 211. The molecule has 1 N–H and O–H groups in total. The topological polar surface area (TPSA) is 12.0 Å². The third kappa shape index (κ3) is 3.35. The predicted molar refractivity (Wildman–Crippen MR) is 60.9 cm³/mol. The predicted octanol–water partition coefficient (Wildman–Crippen LogP) is 3.14. The molecule has 0 bridgehead atoms. The highest BCUT2D eigenvalue weighted by atomic mass is 14.9. The Morgan fingerprint density at radius 3 is 2.15 bits per heavy atom. The Labute approximate surface area is 82.9 Å². The first kappa shape index (κ1) is 12.4. The molecule has 0 unspecified atom stereocenters. The van der Waals surface area contributed by atoms with E-state index in [2.05, 4.69) is 45.7 Å². The van der Waals surface area contributed by atoms with Gasteiger partial charge in [-0.2, -0.15) is 0 Å². The van der Waals surface area contributed by atoms with Crippen molar-refractivity contribution in [1.29, 1.82) is 0 Å². The van der Waals surface area contributed by atoms with Gasteiger partial charge in [0.25, 0.3) is 0 Å². The molecular formula is C12H23N. The summed E-state index contributed by atoms with van der Waals surface area (Å²) in [5, 5.41) is 3.29. The normalized spacial score (nSPS) is 15.7. The Hall–Kier alpha value is -0.560. The Morgan fingerprint density at radius 1 is 1.38 bits per heavy atom. The quantitative estimate of drug-likeness (QED) is 0.657. The van der Waals surface area contributed by atoms with Crippen LogP contribution in [0.1, 0.15) is 34.6 Å². The second-order valence-electron chi connectivity index (χ2n) is 4.41. The molecule has 0 radical (unpaired) electrons. The summed E-state index contributed by atoms with van der Waals surface area (Å²) in [7, 11) is 2.00. The van der Waals surface area contributed by atoms with E-state index in [-0.39, 0.29) is 5.41 Å². The second-order valence-corrected chi connectivity index (χ2v) is 4.41. The smallest absolute Gasteiger partial charge is 0.0124 e. The lowest BCUT2D eigenvalue weighted by atomic mass is 9.78. The minimum atomic E-state index is 0.188. The molecule has 0 rings (SSSR count). The van der Waals surface area contributed by atoms with E-state index in [0.29, 0.717) is 6.04 Å². The average Bonchev–Trinajstić information content (AvgIpc) is 2.01. The molecule has 0 heterocycles. The minimum Gasteiger partial charge on any atom is -0.316 e. The highest BCUT2D eigenvalue weighted by molar-refractivity contribution is 5.23. The van der Waals surface area contributed by atoms with Gasteiger partial charge in [0.2, 0.25) is 0 Å². The zero-order valence-electron chi connectivity index (χ0n) is 9.86. The average molecular weight is 181 g/mol. The van der Waals surface area contributed by atoms with E-state index in [4.69, 9.17) is 0 Å². The molecule has 0 fully saturated rings. The summed E-state index contributed by atoms with van der Waals surface area (Å²) in [5.74, 6) is 0. The van der Waals surface area contributed by atoms with Crippen LogP contribution >= 0.6 is 0 Å². The van der Waals surface area contributed by atoms with Crippen molar-refractivity contribution >= 4 is 0 Å². The van der Waals surface area contributed by atoms with Crippen molar-refractivity contribution in [3.8, 4) is 0 Å². The molecule has 1 nitrogen and oxygen atoms in total. The van der Waals surface area contributed by atoms with Gasteiger partial charge in [-0.05, 0) is 27.8 Å². The van der Waals surface area contributed by atoms with Crippen LogP contribution in [-0.4, -0.2) is 13.1 Å². The molecule has 0 spiro atoms. The van der Waals surface area contributed by atoms with Crippen LogP contribution in [0.4, 0.5) is 0 Å². The molecule has 0 aromatic carbocycles. The van der Waals surface area contributed by atoms with Gasteiger partial charge in [-0.15, -0.1) is 0 Å². The largest absolute Gasteiger partial charge is 0.316 e. The molecule has 76 valence electrons. The van der Waals surface area contributed by atoms with Gasteiger partial charge in [0.05, 0.1) is 0 Å². The molecule has 0 saturated heterocycles. The van der Waals surface area contributed by atoms with Gasteiger partial charge in [0.1, 0.15) is 0 Å². The summed E-state index contributed by atoms with van der Waals surface area (Å²) >= 11 is 0. The maximum atomic E-state index is 3.90. The van der Waals surface area contributed by atoms with E-state index < -0.39 is 0 Å². The first-order valence-corrected chi connectivity index (χ1v) is 4.84. The van der Waals surface area contributed by atoms with Gasteiger partial charge in [0, 0.05) is 11.5 Å². The molecule has 0 aromatic heterocycles. The molecule has 0 aliphatic rings. The van der Waals surface area contributed by atoms with Crippen molar-refractivity contribution < 1.29 is 0 Å². The maximum absolute atomic E-state index is 3.90. The van der Waals surface area contributed by atoms with Crippen LogP contribution in [0.5, 0.6) is 0 Å². The van der Waals surface area contributed by atoms with Gasteiger partial charge >= 0.3 is 0 Å². The van der Waals surface area contributed by atoms with Crippen LogP contribution in [0.3, 0.4) is 0 Å². The van der Waals surface area contributed by atoms with Crippen molar-refractivity contribution in [2.45, 2.75) is 40.7 Å². The first-order valence-electron chi connectivity index (χ1n) is 4.84. The first-order chi connectivity index (χ1) is 5.82. The van der Waals surface area contributed by atoms with Crippen LogP contribution in [0, 0.1) is 5.41 Å². The summed E-state index contributed by atoms with van der Waals surface area (Å²) in [6.07, 6.45) is 2.16. The van der Waals surface area contributed by atoms with E-state index in [9.17, 15) is 0 Å². The van der Waals surface area contributed by atoms with Crippen LogP contribution in [-0.2, 0) is 0 Å². The highest BCUT2D eigenvalue weighted by Crippen LogP contribution is 2.30. The third-order valence-electron chi connectivity index (χ3n) is 2.99. The SMILES string of the molecule is C=C(C)/C=C(\C)C(C)(C)[C@H](C)NC. The fourth-order valence-corrected chi connectivity index (χ4v) is 1.26. The summed E-state index contributed by atoms with van der Waals surface area (Å²) in [4.78, 5) is 0. The highest BCUT2D eigenvalue weighted by Gasteiger charge is 2.26. The molecular weight excluding hydrogens is 158 g/mol. The van der Waals surface area contributed by atoms with Crippen molar-refractivity contribution in [2.75, 3.05) is 7.05 Å². The Kier molecular flexibility index (Phi) is 4.41. The van der Waals surface area contributed by atoms with Crippen molar-refractivity contribution in [3.63, 3.8) is 0 Å². The molecule has 13 heavy (non-hydrogen) atoms. The molecule has 0 aliphatic carbocycles. The summed E-state index contributed by atoms with van der Waals surface area (Å²) in [6.45, 7) is 14.8. The fraction of sp³-hybridized carbons (Fsp3) is 0.667. The van der Waals surface area contributed by atoms with E-state index >= 15 is 0 Å². The fourth-order valence-electron chi connectivity index (χ4n) is 1.26. The summed E-state index contributed by atoms with van der Waals surface area (Å²) in [5.41, 5.74) is 2.68. The summed E-state index contributed by atoms with van der Waals surface area (Å²) in [6, 6.07) is 0.475. The molecule has 0 saturated carbocycles. The van der Waals surface area contributed by atoms with Gasteiger partial charge in [-0.3, -0.25) is 0 Å². The van der Waals surface area contributed by atoms with E-state index in [0.717, 1.165) is 5.57 Å². The van der Waals surface area contributed by atoms with Crippen LogP contribution in [0.2, 0.25) is 0 Å². The molecule has 0 amide bonds. The lowest BCUT2D eigenvalue weighted by Crippen LogP contribution is -2.38. The van der Waals surface area contributed by atoms with Crippen molar-refractivity contribution in [3.05, 3.63) is 23.8 Å². The standard InChI is InChI=1S/C12H23N/c1-9(2)8-10(3)12(5,6)11(4)13-7/h8,11,13H,1H2,2-7H3/b10-8+/t11-/m0/s1. The van der Waals surface area contributed by atoms with E-state index in [1.165, 1.54) is 5.57 Å². The number of hydrogen-bond donors (Lipinski definition) is 1. The van der Waals surface area contributed by atoms with Crippen LogP contribution < -0.4 is 5.32 Å². The number of allylic oxidation sites excluding steroid dienone is 2. The lowest BCUT2D eigenvalue weighted by Gasteiger charge is -2.33. The Balaban J connectivity index is 4.72. The summed E-state index contributed by atoms with van der Waals surface area (Å²) < 4.78 is 0. The van der Waals surface area contributed by atoms with Crippen molar-refractivity contribution in [2.24, 2.45) is 5.41 Å². The molecule has 0 aromatic rings. The van der Waals surface area contributed by atoms with Gasteiger partial charge in [-0.25, -0.2) is 0 Å². The number of nitrogens with one attached hydrogen (secondary N) is 1. The van der Waals surface area contributed by atoms with Crippen molar-refractivity contribution in [1.82, 2.24) is 5.32 Å². The minimum absolute atomic E-state index is 0.188. The molecule has 0 aliphatic heterocycles. The second kappa shape index (κ2) is 4.61. The van der Waals surface area contributed by atoms with Gasteiger partial charge in [0.15, 0.2) is 0 Å². The molecule has 1 atom stereocenters. The number of hydrogen-bond acceptors (Lipinski definition) is 1. The third-order valence-corrected chi connectivity index (χ3v) is 2.99. The van der Waals surface area contributed by atoms with E-state index in [1.807, 2.05) is 14.0 Å². The lowest BCUT2D eigenvalue weighted by molar-refractivity contribution is 0.326. The van der Waals surface area contributed by atoms with Gasteiger partial charge < -0.3 is 5.32 Å². The zero-order chi connectivity index (χ0) is 10.6. The van der Waals surface area contributed by atoms with Gasteiger partial charge in [-0.1, -0.05) is 37.6 Å². The number of rotatable bonds is 4. The Morgan fingerprint density at radius 2 is 1.85 bits per heavy atom. The van der Waals surface area contributed by atoms with E-state index in [1.54, 1.807) is 0 Å². The zero-order valence-corrected chi connectivity index (χ0v) is 9.86. The van der Waals surface area contributed by atoms with Crippen LogP contribution in [0.15, 0.2) is 23.8 Å². The maximum Gasteiger partial charge on any atom is 0.0124 e. The molecule has 1 heteroatoms. The van der Waals surface area contributed by atoms with Crippen LogP contribution in [0.25, 0.3) is 0 Å².